The highest BCUT2D eigenvalue weighted by molar-refractivity contribution is 7.92. The van der Waals surface area contributed by atoms with Crippen LogP contribution in [0.2, 0.25) is 5.02 Å². The van der Waals surface area contributed by atoms with E-state index in [-0.39, 0.29) is 27.7 Å². The van der Waals surface area contributed by atoms with E-state index in [2.05, 4.69) is 24.9 Å². The van der Waals surface area contributed by atoms with Gasteiger partial charge in [0.25, 0.3) is 0 Å². The SMILES string of the molecule is CCCS(=O)(=O)Nc1ccc(F)c(C(=O)c2c[nH]c3ncc(Cl)cc23)c1F.CCS(=O)(=O)Nc1ccc(F)c(C(=O)c2c[nH]c3ncc(-c4cccnc4)cc23)c1F. The average Bonchev–Trinajstić information content (AvgIpc) is 3.81. The fourth-order valence-corrected chi connectivity index (χ4v) is 7.65. The molecule has 0 atom stereocenters. The van der Waals surface area contributed by atoms with Gasteiger partial charge in [-0.05, 0) is 55.8 Å². The first-order chi connectivity index (χ1) is 27.5. The van der Waals surface area contributed by atoms with Crippen LogP contribution in [0.1, 0.15) is 52.1 Å². The zero-order valence-electron chi connectivity index (χ0n) is 30.2. The summed E-state index contributed by atoms with van der Waals surface area (Å²) < 4.78 is 110. The molecule has 0 amide bonds. The number of aromatic nitrogens is 5. The largest absolute Gasteiger partial charge is 0.345 e. The summed E-state index contributed by atoms with van der Waals surface area (Å²) in [4.78, 5) is 43.7. The summed E-state index contributed by atoms with van der Waals surface area (Å²) in [6.07, 6.45) is 9.08. The summed E-state index contributed by atoms with van der Waals surface area (Å²) in [7, 11) is -7.63. The lowest BCUT2D eigenvalue weighted by molar-refractivity contribution is 0.102. The van der Waals surface area contributed by atoms with Gasteiger partial charge in [0.05, 0.1) is 39.0 Å². The number of hydrogen-bond donors (Lipinski definition) is 4. The number of nitrogens with one attached hydrogen (secondary N) is 4. The standard InChI is InChI=1S/C21H16F2N4O3S.C17H14ClF2N3O3S/c1-2-31(29,30)27-17-6-5-16(22)18(19(17)23)20(28)15-11-26-21-14(15)8-13(10-25-21)12-4-3-7-24-9-12;1-2-5-27(25,26)23-13-4-3-12(19)14(15(13)20)16(24)11-8-22-17-10(11)6-9(18)7-21-17/h3-11,27H,2H2,1H3,(H,25,26);3-4,6-8,23H,2,5H2,1H3,(H,21,22). The van der Waals surface area contributed by atoms with Crippen molar-refractivity contribution < 1.29 is 44.0 Å². The number of H-pyrrole nitrogens is 2. The quantitative estimate of drug-likeness (QED) is 0.0701. The minimum Gasteiger partial charge on any atom is -0.345 e. The number of hydrogen-bond acceptors (Lipinski definition) is 9. The summed E-state index contributed by atoms with van der Waals surface area (Å²) >= 11 is 5.88. The van der Waals surface area contributed by atoms with Crippen molar-refractivity contribution >= 4 is 76.7 Å². The maximum atomic E-state index is 15.0. The van der Waals surface area contributed by atoms with Gasteiger partial charge in [-0.1, -0.05) is 24.6 Å². The lowest BCUT2D eigenvalue weighted by Crippen LogP contribution is -2.18. The van der Waals surface area contributed by atoms with Gasteiger partial charge >= 0.3 is 0 Å². The first-order valence-electron chi connectivity index (χ1n) is 17.1. The third-order valence-corrected chi connectivity index (χ3v) is 11.5. The first kappa shape index (κ1) is 41.5. The van der Waals surface area contributed by atoms with Gasteiger partial charge in [-0.15, -0.1) is 0 Å². The van der Waals surface area contributed by atoms with Gasteiger partial charge in [-0.25, -0.2) is 44.4 Å². The Morgan fingerprint density at radius 3 is 1.76 bits per heavy atom. The van der Waals surface area contributed by atoms with E-state index in [4.69, 9.17) is 11.6 Å². The maximum absolute atomic E-state index is 15.0. The Labute approximate surface area is 333 Å². The number of nitrogens with zero attached hydrogens (tertiary/aromatic N) is 3. The second kappa shape index (κ2) is 16.7. The van der Waals surface area contributed by atoms with E-state index in [0.29, 0.717) is 34.1 Å². The molecule has 5 aromatic heterocycles. The van der Waals surface area contributed by atoms with Crippen LogP contribution in [0, 0.1) is 23.3 Å². The summed E-state index contributed by atoms with van der Waals surface area (Å²) in [5.41, 5.74) is -0.651. The number of sulfonamides is 2. The Balaban J connectivity index is 0.000000198. The van der Waals surface area contributed by atoms with E-state index >= 15 is 0 Å². The van der Waals surface area contributed by atoms with E-state index in [1.54, 1.807) is 37.6 Å². The molecule has 5 heterocycles. The molecule has 7 aromatic rings. The van der Waals surface area contributed by atoms with Crippen molar-refractivity contribution in [3.05, 3.63) is 136 Å². The summed E-state index contributed by atoms with van der Waals surface area (Å²) in [5, 5.41) is 0.908. The molecule has 58 heavy (non-hydrogen) atoms. The molecule has 0 bridgehead atoms. The molecule has 4 N–H and O–H groups in total. The summed E-state index contributed by atoms with van der Waals surface area (Å²) in [6.45, 7) is 3.01. The van der Waals surface area contributed by atoms with Gasteiger partial charge < -0.3 is 9.97 Å². The lowest BCUT2D eigenvalue weighted by Gasteiger charge is -2.11. The molecular weight excluding hydrogens is 826 g/mol. The molecule has 0 fully saturated rings. The minimum atomic E-state index is -3.82. The van der Waals surface area contributed by atoms with Crippen molar-refractivity contribution in [3.63, 3.8) is 0 Å². The number of benzene rings is 2. The number of ketones is 2. The van der Waals surface area contributed by atoms with Gasteiger partial charge in [0.1, 0.15) is 22.9 Å². The van der Waals surface area contributed by atoms with Crippen LogP contribution in [0.5, 0.6) is 0 Å². The third-order valence-electron chi connectivity index (χ3n) is 8.53. The Hall–Kier alpha value is -6.18. The molecule has 0 unspecified atom stereocenters. The highest BCUT2D eigenvalue weighted by Gasteiger charge is 2.27. The Kier molecular flexibility index (Phi) is 12.0. The van der Waals surface area contributed by atoms with Crippen LogP contribution in [0.4, 0.5) is 28.9 Å². The fourth-order valence-electron chi connectivity index (χ4n) is 5.72. The van der Waals surface area contributed by atoms with Crippen molar-refractivity contribution in [1.29, 1.82) is 0 Å². The van der Waals surface area contributed by atoms with E-state index in [9.17, 15) is 44.0 Å². The van der Waals surface area contributed by atoms with Gasteiger partial charge in [-0.3, -0.25) is 24.0 Å². The summed E-state index contributed by atoms with van der Waals surface area (Å²) in [6, 6.07) is 10.2. The van der Waals surface area contributed by atoms with Crippen LogP contribution in [0.25, 0.3) is 33.2 Å². The normalized spacial score (nSPS) is 11.6. The van der Waals surface area contributed by atoms with E-state index in [1.807, 2.05) is 15.5 Å². The zero-order chi connectivity index (χ0) is 41.9. The van der Waals surface area contributed by atoms with Crippen molar-refractivity contribution in [1.82, 2.24) is 24.9 Å². The Morgan fingerprint density at radius 1 is 0.707 bits per heavy atom. The second-order valence-electron chi connectivity index (χ2n) is 12.5. The molecule has 7 rings (SSSR count). The van der Waals surface area contributed by atoms with Crippen LogP contribution in [-0.2, 0) is 20.0 Å². The van der Waals surface area contributed by atoms with Crippen LogP contribution in [-0.4, -0.2) is 64.8 Å². The predicted octanol–water partition coefficient (Wildman–Crippen LogP) is 7.77. The zero-order valence-corrected chi connectivity index (χ0v) is 32.6. The van der Waals surface area contributed by atoms with Crippen LogP contribution in [0.15, 0.2) is 85.7 Å². The molecular formula is C38H30ClF4N7O6S2. The molecule has 0 spiro atoms. The molecule has 2 aromatic carbocycles. The molecule has 20 heteroatoms. The third kappa shape index (κ3) is 8.70. The Bertz CT molecular complexity index is 2950. The maximum Gasteiger partial charge on any atom is 0.232 e. The average molecular weight is 856 g/mol. The Morgan fingerprint density at radius 2 is 1.24 bits per heavy atom. The molecule has 0 radical (unpaired) electrons. The number of anilines is 2. The number of aromatic amines is 2. The molecule has 0 aliphatic rings. The monoisotopic (exact) mass is 855 g/mol. The topological polar surface area (TPSA) is 197 Å². The van der Waals surface area contributed by atoms with Crippen LogP contribution >= 0.6 is 11.6 Å². The van der Waals surface area contributed by atoms with Crippen LogP contribution < -0.4 is 9.44 Å². The van der Waals surface area contributed by atoms with Gasteiger partial charge in [-0.2, -0.15) is 0 Å². The number of pyridine rings is 3. The van der Waals surface area contributed by atoms with Crippen LogP contribution in [0.3, 0.4) is 0 Å². The molecule has 300 valence electrons. The molecule has 0 saturated carbocycles. The van der Waals surface area contributed by atoms with Gasteiger partial charge in [0, 0.05) is 70.2 Å². The van der Waals surface area contributed by atoms with E-state index in [1.165, 1.54) is 31.6 Å². The highest BCUT2D eigenvalue weighted by atomic mass is 35.5. The molecule has 13 nitrogen and oxygen atoms in total. The second-order valence-corrected chi connectivity index (χ2v) is 16.8. The van der Waals surface area contributed by atoms with Crippen molar-refractivity contribution in [2.24, 2.45) is 0 Å². The predicted molar refractivity (Wildman–Crippen MR) is 211 cm³/mol. The minimum absolute atomic E-state index is 0.00142. The number of carbonyl (C=O) groups is 2. The van der Waals surface area contributed by atoms with Gasteiger partial charge in [0.15, 0.2) is 11.6 Å². The van der Waals surface area contributed by atoms with Crippen molar-refractivity contribution in [2.45, 2.75) is 20.3 Å². The lowest BCUT2D eigenvalue weighted by atomic mass is 10.00. The van der Waals surface area contributed by atoms with E-state index < -0.39 is 77.4 Å². The highest BCUT2D eigenvalue weighted by Crippen LogP contribution is 2.31. The smallest absolute Gasteiger partial charge is 0.232 e. The molecule has 0 saturated heterocycles. The number of halogens is 5. The van der Waals surface area contributed by atoms with Gasteiger partial charge in [0.2, 0.25) is 31.6 Å². The van der Waals surface area contributed by atoms with Crippen molar-refractivity contribution in [2.75, 3.05) is 20.9 Å². The van der Waals surface area contributed by atoms with Crippen molar-refractivity contribution in [3.8, 4) is 11.1 Å². The molecule has 0 aliphatic carbocycles. The number of rotatable bonds is 12. The number of carbonyl (C=O) groups excluding carboxylic acids is 2. The van der Waals surface area contributed by atoms with E-state index in [0.717, 1.165) is 29.8 Å². The first-order valence-corrected chi connectivity index (χ1v) is 20.8. The summed E-state index contributed by atoms with van der Waals surface area (Å²) in [5.74, 6) is -7.23. The number of fused-ring (bicyclic) bond motifs is 2. The fraction of sp³-hybridized carbons (Fsp3) is 0.132. The molecule has 0 aliphatic heterocycles.